The van der Waals surface area contributed by atoms with Gasteiger partial charge in [0.2, 0.25) is 5.28 Å². The maximum atomic E-state index is 6.06. The maximum absolute atomic E-state index is 6.06. The number of nitrogens with zero attached hydrogens (tertiary/aromatic N) is 3. The van der Waals surface area contributed by atoms with E-state index in [4.69, 9.17) is 27.9 Å². The molecule has 2 aromatic rings. The van der Waals surface area contributed by atoms with Gasteiger partial charge in [0.25, 0.3) is 0 Å². The molecule has 0 atom stereocenters. The Morgan fingerprint density at radius 2 is 1.88 bits per heavy atom. The van der Waals surface area contributed by atoms with Crippen LogP contribution in [-0.2, 0) is 0 Å². The predicted molar refractivity (Wildman–Crippen MR) is 66.5 cm³/mol. The molecule has 0 unspecified atom stereocenters. The van der Waals surface area contributed by atoms with Gasteiger partial charge in [-0.25, -0.2) is 0 Å². The minimum Gasteiger partial charge on any atom is -0.464 e. The Labute approximate surface area is 109 Å². The van der Waals surface area contributed by atoms with Gasteiger partial charge in [0, 0.05) is 5.56 Å². The molecule has 17 heavy (non-hydrogen) atoms. The molecule has 0 bridgehead atoms. The number of hydrogen-bond acceptors (Lipinski definition) is 4. The highest BCUT2D eigenvalue weighted by atomic mass is 35.5. The zero-order chi connectivity index (χ0) is 12.3. The Balaban J connectivity index is 2.48. The highest BCUT2D eigenvalue weighted by molar-refractivity contribution is 6.33. The van der Waals surface area contributed by atoms with E-state index in [2.05, 4.69) is 15.0 Å². The second-order valence-electron chi connectivity index (χ2n) is 3.12. The average molecular weight is 270 g/mol. The fraction of sp³-hybridized carbons (Fsp3) is 0.182. The molecule has 0 aliphatic heterocycles. The molecule has 0 radical (unpaired) electrons. The van der Waals surface area contributed by atoms with Crippen molar-refractivity contribution in [2.24, 2.45) is 0 Å². The third-order valence-electron chi connectivity index (χ3n) is 1.98. The Morgan fingerprint density at radius 3 is 2.59 bits per heavy atom. The van der Waals surface area contributed by atoms with Crippen LogP contribution in [0.2, 0.25) is 10.3 Å². The van der Waals surface area contributed by atoms with Crippen molar-refractivity contribution in [3.05, 3.63) is 34.6 Å². The molecule has 4 nitrogen and oxygen atoms in total. The van der Waals surface area contributed by atoms with Crippen LogP contribution in [0.5, 0.6) is 6.01 Å². The fourth-order valence-corrected chi connectivity index (χ4v) is 1.66. The van der Waals surface area contributed by atoms with Crippen molar-refractivity contribution in [2.75, 3.05) is 6.61 Å². The fourth-order valence-electron chi connectivity index (χ4n) is 1.29. The lowest BCUT2D eigenvalue weighted by atomic mass is 10.2. The van der Waals surface area contributed by atoms with Crippen molar-refractivity contribution in [1.29, 1.82) is 0 Å². The van der Waals surface area contributed by atoms with Crippen molar-refractivity contribution < 1.29 is 4.74 Å². The van der Waals surface area contributed by atoms with Crippen molar-refractivity contribution >= 4 is 23.2 Å². The molecule has 1 heterocycles. The summed E-state index contributed by atoms with van der Waals surface area (Å²) in [6, 6.07) is 7.44. The molecular weight excluding hydrogens is 261 g/mol. The molecule has 0 aliphatic rings. The lowest BCUT2D eigenvalue weighted by Crippen LogP contribution is -2.01. The number of halogens is 2. The first-order valence-electron chi connectivity index (χ1n) is 5.00. The second-order valence-corrected chi connectivity index (χ2v) is 3.87. The Bertz CT molecular complexity index is 534. The first kappa shape index (κ1) is 12.1. The summed E-state index contributed by atoms with van der Waals surface area (Å²) in [5, 5.41) is 0.635. The maximum Gasteiger partial charge on any atom is 0.321 e. The van der Waals surface area contributed by atoms with Crippen LogP contribution in [0.25, 0.3) is 11.4 Å². The quantitative estimate of drug-likeness (QED) is 0.858. The first-order valence-corrected chi connectivity index (χ1v) is 5.75. The monoisotopic (exact) mass is 269 g/mol. The van der Waals surface area contributed by atoms with Crippen molar-refractivity contribution in [1.82, 2.24) is 15.0 Å². The van der Waals surface area contributed by atoms with Crippen molar-refractivity contribution in [2.45, 2.75) is 6.92 Å². The third-order valence-corrected chi connectivity index (χ3v) is 2.47. The molecule has 88 valence electrons. The summed E-state index contributed by atoms with van der Waals surface area (Å²) in [4.78, 5) is 12.0. The highest BCUT2D eigenvalue weighted by Crippen LogP contribution is 2.26. The van der Waals surface area contributed by atoms with E-state index in [0.717, 1.165) is 0 Å². The number of aromatic nitrogens is 3. The Kier molecular flexibility index (Phi) is 3.76. The Morgan fingerprint density at radius 1 is 1.12 bits per heavy atom. The van der Waals surface area contributed by atoms with E-state index < -0.39 is 0 Å². The smallest absolute Gasteiger partial charge is 0.321 e. The molecule has 0 fully saturated rings. The summed E-state index contributed by atoms with van der Waals surface area (Å²) < 4.78 is 5.20. The number of benzene rings is 1. The highest BCUT2D eigenvalue weighted by Gasteiger charge is 2.10. The van der Waals surface area contributed by atoms with Gasteiger partial charge in [0.05, 0.1) is 11.6 Å². The molecule has 0 aliphatic carbocycles. The van der Waals surface area contributed by atoms with Crippen molar-refractivity contribution in [3.63, 3.8) is 0 Å². The summed E-state index contributed by atoms with van der Waals surface area (Å²) in [5.41, 5.74) is 0.694. The molecular formula is C11H9Cl2N3O. The van der Waals surface area contributed by atoms with Crippen molar-refractivity contribution in [3.8, 4) is 17.4 Å². The van der Waals surface area contributed by atoms with Crippen LogP contribution in [0.4, 0.5) is 0 Å². The van der Waals surface area contributed by atoms with E-state index in [1.807, 2.05) is 25.1 Å². The lowest BCUT2D eigenvalue weighted by Gasteiger charge is -2.05. The van der Waals surface area contributed by atoms with E-state index >= 15 is 0 Å². The standard InChI is InChI=1S/C11H9Cl2N3O/c1-2-17-11-15-9(14-10(13)16-11)7-5-3-4-6-8(7)12/h3-6H,2H2,1H3. The van der Waals surface area contributed by atoms with Gasteiger partial charge < -0.3 is 4.74 Å². The zero-order valence-corrected chi connectivity index (χ0v) is 10.5. The van der Waals surface area contributed by atoms with E-state index in [9.17, 15) is 0 Å². The second kappa shape index (κ2) is 5.29. The van der Waals surface area contributed by atoms with Crippen LogP contribution in [-0.4, -0.2) is 21.6 Å². The van der Waals surface area contributed by atoms with E-state index in [0.29, 0.717) is 23.0 Å². The van der Waals surface area contributed by atoms with Gasteiger partial charge in [0.15, 0.2) is 5.82 Å². The van der Waals surface area contributed by atoms with Gasteiger partial charge in [-0.3, -0.25) is 0 Å². The number of rotatable bonds is 3. The van der Waals surface area contributed by atoms with Crippen LogP contribution in [0.1, 0.15) is 6.92 Å². The Hall–Kier alpha value is -1.39. The van der Waals surface area contributed by atoms with Crippen LogP contribution in [0, 0.1) is 0 Å². The molecule has 6 heteroatoms. The predicted octanol–water partition coefficient (Wildman–Crippen LogP) is 3.24. The average Bonchev–Trinajstić information content (AvgIpc) is 2.29. The largest absolute Gasteiger partial charge is 0.464 e. The zero-order valence-electron chi connectivity index (χ0n) is 9.02. The van der Waals surface area contributed by atoms with Crippen LogP contribution >= 0.6 is 23.2 Å². The van der Waals surface area contributed by atoms with Gasteiger partial charge in [-0.1, -0.05) is 23.7 Å². The molecule has 0 spiro atoms. The summed E-state index contributed by atoms with van der Waals surface area (Å²) in [6.07, 6.45) is 0. The normalized spacial score (nSPS) is 10.3. The number of hydrogen-bond donors (Lipinski definition) is 0. The summed E-state index contributed by atoms with van der Waals surface area (Å²) in [7, 11) is 0. The summed E-state index contributed by atoms with van der Waals surface area (Å²) >= 11 is 11.9. The summed E-state index contributed by atoms with van der Waals surface area (Å²) in [6.45, 7) is 2.30. The van der Waals surface area contributed by atoms with Crippen LogP contribution in [0.15, 0.2) is 24.3 Å². The van der Waals surface area contributed by atoms with Crippen LogP contribution < -0.4 is 4.74 Å². The molecule has 0 saturated heterocycles. The first-order chi connectivity index (χ1) is 8.20. The molecule has 2 rings (SSSR count). The lowest BCUT2D eigenvalue weighted by molar-refractivity contribution is 0.312. The summed E-state index contributed by atoms with van der Waals surface area (Å²) in [5.74, 6) is 0.402. The van der Waals surface area contributed by atoms with Gasteiger partial charge in [0.1, 0.15) is 0 Å². The van der Waals surface area contributed by atoms with Gasteiger partial charge >= 0.3 is 6.01 Å². The minimum absolute atomic E-state index is 0.0818. The number of ether oxygens (including phenoxy) is 1. The molecule has 1 aromatic heterocycles. The van der Waals surface area contributed by atoms with E-state index in [-0.39, 0.29) is 11.3 Å². The van der Waals surface area contributed by atoms with E-state index in [1.54, 1.807) is 6.07 Å². The third kappa shape index (κ3) is 2.84. The van der Waals surface area contributed by atoms with Gasteiger partial charge in [-0.15, -0.1) is 0 Å². The molecule has 0 amide bonds. The molecule has 0 saturated carbocycles. The SMILES string of the molecule is CCOc1nc(Cl)nc(-c2ccccc2Cl)n1. The molecule has 1 aromatic carbocycles. The van der Waals surface area contributed by atoms with Gasteiger partial charge in [-0.2, -0.15) is 15.0 Å². The van der Waals surface area contributed by atoms with E-state index in [1.165, 1.54) is 0 Å². The van der Waals surface area contributed by atoms with Crippen LogP contribution in [0.3, 0.4) is 0 Å². The minimum atomic E-state index is 0.0818. The topological polar surface area (TPSA) is 47.9 Å². The van der Waals surface area contributed by atoms with Gasteiger partial charge in [-0.05, 0) is 30.7 Å². The molecule has 0 N–H and O–H groups in total.